The van der Waals surface area contributed by atoms with E-state index in [0.717, 1.165) is 0 Å². The van der Waals surface area contributed by atoms with Gasteiger partial charge in [-0.05, 0) is 26.0 Å². The average molecular weight is 358 g/mol. The molecule has 124 valence electrons. The van der Waals surface area contributed by atoms with Crippen LogP contribution in [0, 0.1) is 0 Å². The molecule has 8 heteroatoms. The van der Waals surface area contributed by atoms with Gasteiger partial charge in [-0.2, -0.15) is 0 Å². The molecule has 6 nitrogen and oxygen atoms in total. The monoisotopic (exact) mass is 357 g/mol. The van der Waals surface area contributed by atoms with Gasteiger partial charge in [-0.15, -0.1) is 11.6 Å². The summed E-state index contributed by atoms with van der Waals surface area (Å²) in [5.41, 5.74) is 0.719. The minimum atomic E-state index is -4.00. The molecule has 1 aromatic rings. The topological polar surface area (TPSA) is 72.9 Å². The quantitative estimate of drug-likeness (QED) is 0.597. The summed E-state index contributed by atoms with van der Waals surface area (Å²) in [6.07, 6.45) is -0.0915. The Balaban J connectivity index is 2.28. The van der Waals surface area contributed by atoms with E-state index in [1.54, 1.807) is 38.1 Å². The fourth-order valence-corrected chi connectivity index (χ4v) is 6.43. The minimum absolute atomic E-state index is 0.0777. The summed E-state index contributed by atoms with van der Waals surface area (Å²) in [5.74, 6) is -0.841. The lowest BCUT2D eigenvalue weighted by Crippen LogP contribution is -2.52. The van der Waals surface area contributed by atoms with E-state index in [1.165, 1.54) is 4.90 Å². The first-order chi connectivity index (χ1) is 10.9. The highest BCUT2D eigenvalue weighted by atomic mass is 35.5. The van der Waals surface area contributed by atoms with Gasteiger partial charge in [-0.1, -0.05) is 12.1 Å². The van der Waals surface area contributed by atoms with Crippen molar-refractivity contribution >= 4 is 36.6 Å². The molecule has 23 heavy (non-hydrogen) atoms. The molecule has 0 bridgehead atoms. The Bertz CT molecular complexity index is 714. The van der Waals surface area contributed by atoms with Gasteiger partial charge in [0.15, 0.2) is 0 Å². The summed E-state index contributed by atoms with van der Waals surface area (Å²) in [7, 11) is -4.00. The first-order valence-corrected chi connectivity index (χ1v) is 9.42. The summed E-state index contributed by atoms with van der Waals surface area (Å²) >= 11 is 6.39. The maximum Gasteiger partial charge on any atom is 0.366 e. The van der Waals surface area contributed by atoms with Crippen molar-refractivity contribution in [1.82, 2.24) is 0 Å². The lowest BCUT2D eigenvalue weighted by molar-refractivity contribution is -0.117. The second-order valence-electron chi connectivity index (χ2n) is 5.31. The molecule has 2 aliphatic heterocycles. The van der Waals surface area contributed by atoms with Crippen molar-refractivity contribution in [3.05, 3.63) is 29.8 Å². The standard InChI is InChI=1S/C15H17ClNO5P/c1-3-21-23(20,22-4-2)15-12(16)9-13(18)17(15)11-8-6-5-7-10(11)14(15)19/h5-8,12H,3-4,9H2,1-2H3. The number of amides is 1. The Morgan fingerprint density at radius 3 is 2.48 bits per heavy atom. The van der Waals surface area contributed by atoms with Crippen molar-refractivity contribution in [1.29, 1.82) is 0 Å². The molecule has 0 aliphatic carbocycles. The predicted octanol–water partition coefficient (Wildman–Crippen LogP) is 3.19. The van der Waals surface area contributed by atoms with E-state index >= 15 is 0 Å². The summed E-state index contributed by atoms with van der Waals surface area (Å²) in [4.78, 5) is 26.9. The molecule has 0 N–H and O–H groups in total. The Kier molecular flexibility index (Phi) is 4.13. The molecule has 2 unspecified atom stereocenters. The Morgan fingerprint density at radius 2 is 1.87 bits per heavy atom. The van der Waals surface area contributed by atoms with Crippen LogP contribution in [0.5, 0.6) is 0 Å². The molecular weight excluding hydrogens is 341 g/mol. The molecule has 2 atom stereocenters. The summed E-state index contributed by atoms with van der Waals surface area (Å²) in [5, 5.41) is -2.81. The van der Waals surface area contributed by atoms with Crippen LogP contribution in [-0.4, -0.2) is 35.6 Å². The van der Waals surface area contributed by atoms with E-state index in [9.17, 15) is 14.2 Å². The zero-order valence-electron chi connectivity index (χ0n) is 12.8. The minimum Gasteiger partial charge on any atom is -0.307 e. The second-order valence-corrected chi connectivity index (χ2v) is 8.03. The first-order valence-electron chi connectivity index (χ1n) is 7.44. The zero-order valence-corrected chi connectivity index (χ0v) is 14.5. The van der Waals surface area contributed by atoms with Crippen molar-refractivity contribution in [2.24, 2.45) is 0 Å². The molecule has 0 radical (unpaired) electrons. The molecule has 0 spiro atoms. The number of carbonyl (C=O) groups excluding carboxylic acids is 2. The number of rotatable bonds is 5. The van der Waals surface area contributed by atoms with Crippen molar-refractivity contribution in [2.45, 2.75) is 30.9 Å². The van der Waals surface area contributed by atoms with E-state index in [2.05, 4.69) is 0 Å². The third-order valence-corrected chi connectivity index (χ3v) is 7.49. The molecule has 2 aliphatic rings. The molecule has 2 heterocycles. The van der Waals surface area contributed by atoms with Gasteiger partial charge in [0.1, 0.15) is 0 Å². The third kappa shape index (κ3) is 1.99. The molecule has 1 saturated heterocycles. The molecular formula is C15H17ClNO5P. The van der Waals surface area contributed by atoms with Crippen LogP contribution in [0.25, 0.3) is 0 Å². The second kappa shape index (κ2) is 5.71. The third-order valence-electron chi connectivity index (χ3n) is 4.12. The Morgan fingerprint density at radius 1 is 1.26 bits per heavy atom. The number of Topliss-reactive ketones (excluding diaryl/α,β-unsaturated/α-hetero) is 1. The lowest BCUT2D eigenvalue weighted by Gasteiger charge is -2.37. The number of nitrogens with zero attached hydrogens (tertiary/aromatic N) is 1. The van der Waals surface area contributed by atoms with E-state index in [1.807, 2.05) is 0 Å². The van der Waals surface area contributed by atoms with Crippen molar-refractivity contribution in [2.75, 3.05) is 18.1 Å². The van der Waals surface area contributed by atoms with Crippen LogP contribution < -0.4 is 4.90 Å². The number of alkyl halides is 1. The number of hydrogen-bond acceptors (Lipinski definition) is 5. The van der Waals surface area contributed by atoms with Gasteiger partial charge in [0.05, 0.1) is 24.3 Å². The van der Waals surface area contributed by atoms with Crippen LogP contribution in [0.3, 0.4) is 0 Å². The first kappa shape index (κ1) is 16.7. The largest absolute Gasteiger partial charge is 0.366 e. The van der Waals surface area contributed by atoms with Gasteiger partial charge in [-0.3, -0.25) is 19.1 Å². The zero-order chi connectivity index (χ0) is 16.8. The number of hydrogen-bond donors (Lipinski definition) is 0. The summed E-state index contributed by atoms with van der Waals surface area (Å²) in [6, 6.07) is 6.64. The van der Waals surface area contributed by atoms with Crippen LogP contribution >= 0.6 is 19.2 Å². The van der Waals surface area contributed by atoms with E-state index < -0.39 is 24.0 Å². The number of halogens is 1. The maximum absolute atomic E-state index is 13.5. The van der Waals surface area contributed by atoms with Gasteiger partial charge in [-0.25, -0.2) is 0 Å². The number of para-hydroxylation sites is 1. The van der Waals surface area contributed by atoms with Crippen LogP contribution in [0.1, 0.15) is 30.6 Å². The molecule has 1 amide bonds. The number of carbonyl (C=O) groups is 2. The molecule has 0 aromatic heterocycles. The van der Waals surface area contributed by atoms with E-state index in [0.29, 0.717) is 11.3 Å². The van der Waals surface area contributed by atoms with Crippen LogP contribution in [0.4, 0.5) is 5.69 Å². The van der Waals surface area contributed by atoms with Crippen LogP contribution in [0.15, 0.2) is 24.3 Å². The summed E-state index contributed by atoms with van der Waals surface area (Å²) < 4.78 is 24.3. The number of anilines is 1. The van der Waals surface area contributed by atoms with Gasteiger partial charge >= 0.3 is 7.60 Å². The van der Waals surface area contributed by atoms with Gasteiger partial charge < -0.3 is 9.05 Å². The van der Waals surface area contributed by atoms with Crippen molar-refractivity contribution in [3.8, 4) is 0 Å². The fraction of sp³-hybridized carbons (Fsp3) is 0.467. The van der Waals surface area contributed by atoms with Crippen LogP contribution in [0.2, 0.25) is 0 Å². The van der Waals surface area contributed by atoms with Crippen molar-refractivity contribution < 1.29 is 23.2 Å². The number of fused-ring (bicyclic) bond motifs is 3. The van der Waals surface area contributed by atoms with Crippen LogP contribution in [-0.2, 0) is 18.4 Å². The number of ketones is 1. The highest BCUT2D eigenvalue weighted by Crippen LogP contribution is 2.70. The molecule has 1 aromatic carbocycles. The SMILES string of the molecule is CCOP(=O)(OCC)C12C(=O)c3ccccc3N1C(=O)CC2Cl. The highest BCUT2D eigenvalue weighted by molar-refractivity contribution is 7.57. The van der Waals surface area contributed by atoms with E-state index in [4.69, 9.17) is 20.6 Å². The molecule has 3 rings (SSSR count). The lowest BCUT2D eigenvalue weighted by atomic mass is 10.0. The fourth-order valence-electron chi connectivity index (χ4n) is 3.33. The predicted molar refractivity (Wildman–Crippen MR) is 86.1 cm³/mol. The van der Waals surface area contributed by atoms with Crippen molar-refractivity contribution in [3.63, 3.8) is 0 Å². The molecule has 0 saturated carbocycles. The maximum atomic E-state index is 13.5. The van der Waals surface area contributed by atoms with Gasteiger partial charge in [0, 0.05) is 12.0 Å². The Hall–Kier alpha value is -1.20. The molecule has 1 fully saturated rings. The van der Waals surface area contributed by atoms with Gasteiger partial charge in [0.2, 0.25) is 17.0 Å². The smallest absolute Gasteiger partial charge is 0.307 e. The van der Waals surface area contributed by atoms with E-state index in [-0.39, 0.29) is 25.5 Å². The highest BCUT2D eigenvalue weighted by Gasteiger charge is 2.73. The average Bonchev–Trinajstić information content (AvgIpc) is 2.94. The Labute approximate surface area is 139 Å². The number of benzene rings is 1. The van der Waals surface area contributed by atoms with Gasteiger partial charge in [0.25, 0.3) is 0 Å². The summed E-state index contributed by atoms with van der Waals surface area (Å²) in [6.45, 7) is 3.46. The normalized spacial score (nSPS) is 26.6.